The van der Waals surface area contributed by atoms with Crippen molar-refractivity contribution in [1.29, 1.82) is 0 Å². The van der Waals surface area contributed by atoms with Gasteiger partial charge in [0, 0.05) is 5.02 Å². The van der Waals surface area contributed by atoms with Gasteiger partial charge in [-0.05, 0) is 38.5 Å². The van der Waals surface area contributed by atoms with Crippen LogP contribution in [0.2, 0.25) is 5.02 Å². The molecule has 96 valence electrons. The highest BCUT2D eigenvalue weighted by molar-refractivity contribution is 9.10. The number of carbonyl (C=O) groups is 1. The van der Waals surface area contributed by atoms with Gasteiger partial charge in [-0.3, -0.25) is 4.79 Å². The first kappa shape index (κ1) is 13.8. The predicted octanol–water partition coefficient (Wildman–Crippen LogP) is 4.37. The Labute approximate surface area is 123 Å². The van der Waals surface area contributed by atoms with Crippen LogP contribution in [0.15, 0.2) is 12.1 Å². The number of alkyl halides is 1. The van der Waals surface area contributed by atoms with Crippen LogP contribution in [0.5, 0.6) is 0 Å². The summed E-state index contributed by atoms with van der Waals surface area (Å²) in [6, 6.07) is 3.79. The van der Waals surface area contributed by atoms with Gasteiger partial charge in [-0.25, -0.2) is 4.98 Å². The molecule has 0 saturated heterocycles. The maximum absolute atomic E-state index is 11.8. The summed E-state index contributed by atoms with van der Waals surface area (Å²) in [5.74, 6) is -0.121. The number of aryl methyl sites for hydroxylation is 1. The van der Waals surface area contributed by atoms with Crippen molar-refractivity contribution < 1.29 is 4.79 Å². The molecule has 0 fully saturated rings. The van der Waals surface area contributed by atoms with E-state index in [0.29, 0.717) is 10.2 Å². The van der Waals surface area contributed by atoms with Gasteiger partial charge in [0.05, 0.1) is 14.5 Å². The van der Waals surface area contributed by atoms with E-state index >= 15 is 0 Å². The maximum atomic E-state index is 11.8. The Morgan fingerprint density at radius 1 is 1.50 bits per heavy atom. The van der Waals surface area contributed by atoms with Crippen molar-refractivity contribution in [2.24, 2.45) is 0 Å². The van der Waals surface area contributed by atoms with E-state index in [4.69, 9.17) is 11.6 Å². The summed E-state index contributed by atoms with van der Waals surface area (Å²) in [5, 5.41) is 4.06. The first-order valence-corrected chi connectivity index (χ1v) is 7.33. The third kappa shape index (κ3) is 2.84. The van der Waals surface area contributed by atoms with Crippen molar-refractivity contribution in [3.63, 3.8) is 0 Å². The molecule has 0 radical (unpaired) electrons. The summed E-state index contributed by atoms with van der Waals surface area (Å²) in [6.07, 6.45) is 0. The number of hydrogen-bond donors (Lipinski definition) is 1. The van der Waals surface area contributed by atoms with Crippen LogP contribution in [0.3, 0.4) is 0 Å². The lowest BCUT2D eigenvalue weighted by atomic mass is 10.2. The van der Waals surface area contributed by atoms with Gasteiger partial charge in [0.1, 0.15) is 0 Å². The molecule has 1 aromatic carbocycles. The van der Waals surface area contributed by atoms with Gasteiger partial charge in [-0.1, -0.05) is 38.9 Å². The van der Waals surface area contributed by atoms with Gasteiger partial charge in [-0.15, -0.1) is 0 Å². The van der Waals surface area contributed by atoms with Crippen LogP contribution in [0.4, 0.5) is 5.13 Å². The standard InChI is InChI=1S/C12H12BrClN2OS/c1-6-4-9-8(5-7(6)14)15-11(18-9)16-10(17)12(2,3)13/h4-5H,1-3H3,(H,15,16,17). The number of carbonyl (C=O) groups excluding carboxylic acids is 1. The minimum atomic E-state index is -0.613. The number of hydrogen-bond acceptors (Lipinski definition) is 3. The van der Waals surface area contributed by atoms with Crippen LogP contribution in [0.25, 0.3) is 10.2 Å². The normalized spacial score (nSPS) is 11.8. The number of nitrogens with zero attached hydrogens (tertiary/aromatic N) is 1. The number of thiazole rings is 1. The van der Waals surface area contributed by atoms with E-state index in [2.05, 4.69) is 26.2 Å². The van der Waals surface area contributed by atoms with Crippen molar-refractivity contribution in [2.75, 3.05) is 5.32 Å². The molecule has 0 aliphatic rings. The van der Waals surface area contributed by atoms with E-state index in [-0.39, 0.29) is 5.91 Å². The van der Waals surface area contributed by atoms with Crippen LogP contribution in [-0.4, -0.2) is 15.2 Å². The summed E-state index contributed by atoms with van der Waals surface area (Å²) >= 11 is 10.8. The summed E-state index contributed by atoms with van der Waals surface area (Å²) < 4.78 is 0.401. The highest BCUT2D eigenvalue weighted by Crippen LogP contribution is 2.31. The Balaban J connectivity index is 2.34. The van der Waals surface area contributed by atoms with Crippen LogP contribution in [0, 0.1) is 6.92 Å². The average Bonchev–Trinajstić information content (AvgIpc) is 2.59. The highest BCUT2D eigenvalue weighted by atomic mass is 79.9. The molecule has 0 unspecified atom stereocenters. The van der Waals surface area contributed by atoms with Gasteiger partial charge >= 0.3 is 0 Å². The molecule has 0 bridgehead atoms. The zero-order valence-corrected chi connectivity index (χ0v) is 13.3. The molecule has 3 nitrogen and oxygen atoms in total. The van der Waals surface area contributed by atoms with Crippen molar-refractivity contribution in [2.45, 2.75) is 25.1 Å². The largest absolute Gasteiger partial charge is 0.301 e. The van der Waals surface area contributed by atoms with Crippen LogP contribution < -0.4 is 5.32 Å². The van der Waals surface area contributed by atoms with Crippen LogP contribution in [0.1, 0.15) is 19.4 Å². The molecule has 1 amide bonds. The van der Waals surface area contributed by atoms with E-state index in [0.717, 1.165) is 15.8 Å². The number of amides is 1. The predicted molar refractivity (Wildman–Crippen MR) is 81.0 cm³/mol. The molecular formula is C12H12BrClN2OS. The topological polar surface area (TPSA) is 42.0 Å². The summed E-state index contributed by atoms with van der Waals surface area (Å²) in [4.78, 5) is 16.2. The average molecular weight is 348 g/mol. The van der Waals surface area contributed by atoms with E-state index in [1.54, 1.807) is 13.8 Å². The fraction of sp³-hybridized carbons (Fsp3) is 0.333. The molecule has 0 spiro atoms. The zero-order valence-electron chi connectivity index (χ0n) is 10.2. The SMILES string of the molecule is Cc1cc2sc(NC(=O)C(C)(C)Br)nc2cc1Cl. The molecule has 0 aliphatic heterocycles. The Morgan fingerprint density at radius 3 is 2.78 bits per heavy atom. The van der Waals surface area contributed by atoms with Crippen molar-refractivity contribution >= 4 is 60.1 Å². The molecule has 1 aromatic heterocycles. The lowest BCUT2D eigenvalue weighted by Crippen LogP contribution is -2.30. The Morgan fingerprint density at radius 2 is 2.17 bits per heavy atom. The number of benzene rings is 1. The van der Waals surface area contributed by atoms with E-state index in [9.17, 15) is 4.79 Å². The molecule has 1 heterocycles. The summed E-state index contributed by atoms with van der Waals surface area (Å²) in [5.41, 5.74) is 1.81. The number of anilines is 1. The quantitative estimate of drug-likeness (QED) is 0.820. The summed E-state index contributed by atoms with van der Waals surface area (Å²) in [7, 11) is 0. The number of nitrogens with one attached hydrogen (secondary N) is 1. The molecule has 1 N–H and O–H groups in total. The second-order valence-corrected chi connectivity index (χ2v) is 7.94. The molecule has 2 rings (SSSR count). The van der Waals surface area contributed by atoms with Gasteiger partial charge in [0.25, 0.3) is 0 Å². The molecule has 0 aliphatic carbocycles. The maximum Gasteiger partial charge on any atom is 0.242 e. The molecule has 2 aromatic rings. The zero-order chi connectivity index (χ0) is 13.5. The van der Waals surface area contributed by atoms with Crippen molar-refractivity contribution in [3.8, 4) is 0 Å². The van der Waals surface area contributed by atoms with E-state index in [1.165, 1.54) is 11.3 Å². The lowest BCUT2D eigenvalue weighted by molar-refractivity contribution is -0.117. The van der Waals surface area contributed by atoms with Crippen molar-refractivity contribution in [3.05, 3.63) is 22.7 Å². The number of halogens is 2. The molecule has 0 saturated carbocycles. The molecule has 0 atom stereocenters. The molecule has 18 heavy (non-hydrogen) atoms. The first-order chi connectivity index (χ1) is 8.27. The van der Waals surface area contributed by atoms with Gasteiger partial charge in [0.15, 0.2) is 5.13 Å². The second kappa shape index (κ2) is 4.79. The number of fused-ring (bicyclic) bond motifs is 1. The number of aromatic nitrogens is 1. The smallest absolute Gasteiger partial charge is 0.242 e. The third-order valence-electron chi connectivity index (χ3n) is 2.43. The minimum absolute atomic E-state index is 0.121. The van der Waals surface area contributed by atoms with Crippen LogP contribution in [-0.2, 0) is 4.79 Å². The second-order valence-electron chi connectivity index (χ2n) is 4.51. The third-order valence-corrected chi connectivity index (χ3v) is 4.13. The monoisotopic (exact) mass is 346 g/mol. The first-order valence-electron chi connectivity index (χ1n) is 5.34. The summed E-state index contributed by atoms with van der Waals surface area (Å²) in [6.45, 7) is 5.52. The van der Waals surface area contributed by atoms with Gasteiger partial charge in [-0.2, -0.15) is 0 Å². The Kier molecular flexibility index (Phi) is 3.67. The molecule has 6 heteroatoms. The Hall–Kier alpha value is -0.650. The fourth-order valence-corrected chi connectivity index (χ4v) is 2.55. The Bertz CT molecular complexity index is 579. The van der Waals surface area contributed by atoms with Gasteiger partial charge in [0.2, 0.25) is 5.91 Å². The van der Waals surface area contributed by atoms with E-state index < -0.39 is 4.32 Å². The highest BCUT2D eigenvalue weighted by Gasteiger charge is 2.24. The number of rotatable bonds is 2. The fourth-order valence-electron chi connectivity index (χ4n) is 1.35. The van der Waals surface area contributed by atoms with E-state index in [1.807, 2.05) is 19.1 Å². The minimum Gasteiger partial charge on any atom is -0.301 e. The van der Waals surface area contributed by atoms with Gasteiger partial charge < -0.3 is 5.32 Å². The molecular weight excluding hydrogens is 336 g/mol. The van der Waals surface area contributed by atoms with Crippen molar-refractivity contribution in [1.82, 2.24) is 4.98 Å². The lowest BCUT2D eigenvalue weighted by Gasteiger charge is -2.13. The van der Waals surface area contributed by atoms with Crippen LogP contribution >= 0.6 is 38.9 Å².